The lowest BCUT2D eigenvalue weighted by Crippen LogP contribution is -1.93. The van der Waals surface area contributed by atoms with Gasteiger partial charge < -0.3 is 0 Å². The smallest absolute Gasteiger partial charge is 0.159 e. The Morgan fingerprint density at radius 3 is 2.47 bits per heavy atom. The maximum absolute atomic E-state index is 4.48. The first-order chi connectivity index (χ1) is 7.29. The summed E-state index contributed by atoms with van der Waals surface area (Å²) in [5, 5.41) is 0. The van der Waals surface area contributed by atoms with E-state index >= 15 is 0 Å². The molecule has 1 heterocycles. The number of rotatable bonds is 2. The molecule has 0 aliphatic rings. The highest BCUT2D eigenvalue weighted by Crippen LogP contribution is 2.15. The molecule has 0 fully saturated rings. The third-order valence-corrected chi connectivity index (χ3v) is 2.39. The van der Waals surface area contributed by atoms with Crippen molar-refractivity contribution in [1.82, 2.24) is 9.97 Å². The first-order valence-corrected chi connectivity index (χ1v) is 5.18. The van der Waals surface area contributed by atoms with Crippen molar-refractivity contribution in [3.8, 4) is 11.4 Å². The first-order valence-electron chi connectivity index (χ1n) is 5.18. The molecule has 2 rings (SSSR count). The molecular weight excluding hydrogens is 184 g/mol. The van der Waals surface area contributed by atoms with Crippen LogP contribution in [0.1, 0.15) is 18.2 Å². The summed E-state index contributed by atoms with van der Waals surface area (Å²) in [7, 11) is 0. The maximum atomic E-state index is 4.48. The highest BCUT2D eigenvalue weighted by atomic mass is 14.9. The summed E-state index contributed by atoms with van der Waals surface area (Å²) in [5.74, 6) is 0.814. The van der Waals surface area contributed by atoms with E-state index in [2.05, 4.69) is 48.1 Å². The molecule has 0 saturated heterocycles. The van der Waals surface area contributed by atoms with Gasteiger partial charge in [-0.3, -0.25) is 0 Å². The third kappa shape index (κ3) is 2.21. The zero-order chi connectivity index (χ0) is 10.7. The second-order valence-electron chi connectivity index (χ2n) is 3.59. The second-order valence-corrected chi connectivity index (χ2v) is 3.59. The van der Waals surface area contributed by atoms with Crippen LogP contribution >= 0.6 is 0 Å². The molecular formula is C13H14N2. The Morgan fingerprint density at radius 1 is 1.07 bits per heavy atom. The SMILES string of the molecule is CCc1ccnc(-c2ccc(C)cc2)n1. The van der Waals surface area contributed by atoms with Gasteiger partial charge in [-0.05, 0) is 19.4 Å². The normalized spacial score (nSPS) is 10.3. The summed E-state index contributed by atoms with van der Waals surface area (Å²) >= 11 is 0. The molecule has 0 amide bonds. The fourth-order valence-corrected chi connectivity index (χ4v) is 1.43. The van der Waals surface area contributed by atoms with Crippen LogP contribution in [0.2, 0.25) is 0 Å². The van der Waals surface area contributed by atoms with Crippen LogP contribution in [-0.2, 0) is 6.42 Å². The van der Waals surface area contributed by atoms with Gasteiger partial charge in [-0.15, -0.1) is 0 Å². The molecule has 0 N–H and O–H groups in total. The van der Waals surface area contributed by atoms with Gasteiger partial charge in [0.25, 0.3) is 0 Å². The monoisotopic (exact) mass is 198 g/mol. The summed E-state index contributed by atoms with van der Waals surface area (Å²) in [6, 6.07) is 10.2. The molecule has 1 aromatic heterocycles. The number of nitrogens with zero attached hydrogens (tertiary/aromatic N) is 2. The zero-order valence-electron chi connectivity index (χ0n) is 9.07. The van der Waals surface area contributed by atoms with Crippen molar-refractivity contribution in [2.45, 2.75) is 20.3 Å². The van der Waals surface area contributed by atoms with Crippen molar-refractivity contribution in [1.29, 1.82) is 0 Å². The lowest BCUT2D eigenvalue weighted by molar-refractivity contribution is 1.00. The number of aryl methyl sites for hydroxylation is 2. The Balaban J connectivity index is 2.40. The Morgan fingerprint density at radius 2 is 1.80 bits per heavy atom. The van der Waals surface area contributed by atoms with Gasteiger partial charge in [0.15, 0.2) is 5.82 Å². The van der Waals surface area contributed by atoms with Crippen LogP contribution in [0.15, 0.2) is 36.5 Å². The van der Waals surface area contributed by atoms with Crippen molar-refractivity contribution in [2.24, 2.45) is 0 Å². The second kappa shape index (κ2) is 4.22. The fourth-order valence-electron chi connectivity index (χ4n) is 1.43. The molecule has 76 valence electrons. The van der Waals surface area contributed by atoms with Gasteiger partial charge in [0, 0.05) is 17.5 Å². The van der Waals surface area contributed by atoms with Crippen molar-refractivity contribution in [3.05, 3.63) is 47.8 Å². The Hall–Kier alpha value is -1.70. The Bertz CT molecular complexity index is 446. The number of hydrogen-bond acceptors (Lipinski definition) is 2. The lowest BCUT2D eigenvalue weighted by Gasteiger charge is -2.02. The molecule has 1 aromatic carbocycles. The van der Waals surface area contributed by atoms with Gasteiger partial charge >= 0.3 is 0 Å². The minimum atomic E-state index is 0.814. The summed E-state index contributed by atoms with van der Waals surface area (Å²) in [4.78, 5) is 8.76. The van der Waals surface area contributed by atoms with Crippen LogP contribution in [0.3, 0.4) is 0 Å². The number of benzene rings is 1. The van der Waals surface area contributed by atoms with Crippen LogP contribution in [0, 0.1) is 6.92 Å². The van der Waals surface area contributed by atoms with E-state index in [-0.39, 0.29) is 0 Å². The highest BCUT2D eigenvalue weighted by molar-refractivity contribution is 5.55. The summed E-state index contributed by atoms with van der Waals surface area (Å²) < 4.78 is 0. The van der Waals surface area contributed by atoms with Crippen LogP contribution in [0.25, 0.3) is 11.4 Å². The molecule has 0 radical (unpaired) electrons. The standard InChI is InChI=1S/C13H14N2/c1-3-12-8-9-14-13(15-12)11-6-4-10(2)5-7-11/h4-9H,3H2,1-2H3. The van der Waals surface area contributed by atoms with Crippen molar-refractivity contribution < 1.29 is 0 Å². The predicted octanol–water partition coefficient (Wildman–Crippen LogP) is 3.01. The van der Waals surface area contributed by atoms with Gasteiger partial charge in [0.05, 0.1) is 0 Å². The van der Waals surface area contributed by atoms with Crippen molar-refractivity contribution in [2.75, 3.05) is 0 Å². The van der Waals surface area contributed by atoms with Crippen LogP contribution < -0.4 is 0 Å². The fraction of sp³-hybridized carbons (Fsp3) is 0.231. The van der Waals surface area contributed by atoms with Crippen molar-refractivity contribution in [3.63, 3.8) is 0 Å². The molecule has 2 nitrogen and oxygen atoms in total. The third-order valence-electron chi connectivity index (χ3n) is 2.39. The molecule has 2 aromatic rings. The van der Waals surface area contributed by atoms with Crippen molar-refractivity contribution >= 4 is 0 Å². The number of aromatic nitrogens is 2. The molecule has 0 atom stereocenters. The maximum Gasteiger partial charge on any atom is 0.159 e. The molecule has 2 heteroatoms. The molecule has 0 aliphatic heterocycles. The van der Waals surface area contributed by atoms with E-state index in [4.69, 9.17) is 0 Å². The average molecular weight is 198 g/mol. The minimum absolute atomic E-state index is 0.814. The van der Waals surface area contributed by atoms with Crippen LogP contribution in [0.4, 0.5) is 0 Å². The van der Waals surface area contributed by atoms with E-state index in [1.807, 2.05) is 12.3 Å². The number of hydrogen-bond donors (Lipinski definition) is 0. The summed E-state index contributed by atoms with van der Waals surface area (Å²) in [5.41, 5.74) is 3.42. The summed E-state index contributed by atoms with van der Waals surface area (Å²) in [6.45, 7) is 4.17. The van der Waals surface area contributed by atoms with Gasteiger partial charge in [-0.2, -0.15) is 0 Å². The van der Waals surface area contributed by atoms with Gasteiger partial charge in [-0.25, -0.2) is 9.97 Å². The van der Waals surface area contributed by atoms with Crippen LogP contribution in [0.5, 0.6) is 0 Å². The molecule has 0 spiro atoms. The Labute approximate surface area is 90.0 Å². The van der Waals surface area contributed by atoms with E-state index in [9.17, 15) is 0 Å². The zero-order valence-corrected chi connectivity index (χ0v) is 9.07. The van der Waals surface area contributed by atoms with Gasteiger partial charge in [0.1, 0.15) is 0 Å². The van der Waals surface area contributed by atoms with E-state index in [1.54, 1.807) is 0 Å². The van der Waals surface area contributed by atoms with Gasteiger partial charge in [-0.1, -0.05) is 36.8 Å². The van der Waals surface area contributed by atoms with Crippen LogP contribution in [-0.4, -0.2) is 9.97 Å². The summed E-state index contributed by atoms with van der Waals surface area (Å²) in [6.07, 6.45) is 2.77. The molecule has 0 aliphatic carbocycles. The predicted molar refractivity (Wildman–Crippen MR) is 61.6 cm³/mol. The molecule has 0 saturated carbocycles. The minimum Gasteiger partial charge on any atom is -0.237 e. The van der Waals surface area contributed by atoms with E-state index in [0.29, 0.717) is 0 Å². The molecule has 0 unspecified atom stereocenters. The topological polar surface area (TPSA) is 25.8 Å². The highest BCUT2D eigenvalue weighted by Gasteiger charge is 2.00. The van der Waals surface area contributed by atoms with E-state index < -0.39 is 0 Å². The average Bonchev–Trinajstić information content (AvgIpc) is 2.30. The largest absolute Gasteiger partial charge is 0.237 e. The van der Waals surface area contributed by atoms with Gasteiger partial charge in [0.2, 0.25) is 0 Å². The lowest BCUT2D eigenvalue weighted by atomic mass is 10.1. The molecule has 0 bridgehead atoms. The van der Waals surface area contributed by atoms with E-state index in [0.717, 1.165) is 23.5 Å². The Kier molecular flexibility index (Phi) is 2.77. The molecule has 15 heavy (non-hydrogen) atoms. The quantitative estimate of drug-likeness (QED) is 0.741. The van der Waals surface area contributed by atoms with E-state index in [1.165, 1.54) is 5.56 Å². The first kappa shape index (κ1) is 9.84.